The molecule has 3 nitrogen and oxygen atoms in total. The monoisotopic (exact) mass is 476 g/mol. The van der Waals surface area contributed by atoms with Crippen molar-refractivity contribution in [1.29, 1.82) is 0 Å². The Morgan fingerprint density at radius 1 is 1.19 bits per heavy atom. The van der Waals surface area contributed by atoms with Crippen molar-refractivity contribution in [3.63, 3.8) is 0 Å². The van der Waals surface area contributed by atoms with Crippen molar-refractivity contribution in [3.8, 4) is 0 Å². The normalized spacial score (nSPS) is 23.1. The van der Waals surface area contributed by atoms with Gasteiger partial charge in [0.1, 0.15) is 11.4 Å². The van der Waals surface area contributed by atoms with Gasteiger partial charge in [-0.15, -0.1) is 11.8 Å². The van der Waals surface area contributed by atoms with Gasteiger partial charge in [-0.05, 0) is 66.4 Å². The molecule has 0 bridgehead atoms. The fourth-order valence-corrected chi connectivity index (χ4v) is 5.91. The molecule has 0 radical (unpaired) electrons. The second kappa shape index (κ2) is 11.4. The zero-order valence-electron chi connectivity index (χ0n) is 21.4. The Morgan fingerprint density at radius 3 is 2.38 bits per heavy atom. The third kappa shape index (κ3) is 7.49. The summed E-state index contributed by atoms with van der Waals surface area (Å²) in [6.07, 6.45) is 3.28. The molecule has 1 aliphatic carbocycles. The van der Waals surface area contributed by atoms with E-state index < -0.39 is 13.6 Å². The lowest BCUT2D eigenvalue weighted by molar-refractivity contribution is -0.154. The number of hydrogen-bond donors (Lipinski definition) is 0. The minimum atomic E-state index is -1.94. The van der Waals surface area contributed by atoms with Gasteiger partial charge < -0.3 is 9.16 Å². The van der Waals surface area contributed by atoms with Crippen LogP contribution in [0.4, 0.5) is 0 Å². The van der Waals surface area contributed by atoms with E-state index in [0.29, 0.717) is 24.4 Å². The number of esters is 1. The standard InChI is InChI=1S/C27H44O3SSi/c1-19(2)23-16-15-20(3)17-24(23)30-26(28)25(31-22-13-11-10-12-14-22)21(4)18-29-32(8,9)27(5,6)7/h10-14,19-20,23-25H,4,15-18H2,1-3,5-9H3/t20-,23+,24-,25?/m1/s1. The summed E-state index contributed by atoms with van der Waals surface area (Å²) in [5, 5.41) is -0.356. The van der Waals surface area contributed by atoms with E-state index in [2.05, 4.69) is 61.2 Å². The second-order valence-corrected chi connectivity index (χ2v) is 17.3. The number of thioether (sulfide) groups is 1. The Morgan fingerprint density at radius 2 is 1.81 bits per heavy atom. The second-order valence-electron chi connectivity index (χ2n) is 11.3. The summed E-state index contributed by atoms with van der Waals surface area (Å²) in [5.74, 6) is 1.35. The van der Waals surface area contributed by atoms with E-state index in [-0.39, 0.29) is 17.1 Å². The summed E-state index contributed by atoms with van der Waals surface area (Å²) in [4.78, 5) is 14.5. The molecule has 1 aromatic rings. The Kier molecular flexibility index (Phi) is 9.68. The highest BCUT2D eigenvalue weighted by molar-refractivity contribution is 8.00. The molecule has 4 atom stereocenters. The summed E-state index contributed by atoms with van der Waals surface area (Å²) < 4.78 is 12.6. The minimum absolute atomic E-state index is 0.0146. The predicted octanol–water partition coefficient (Wildman–Crippen LogP) is 7.73. The van der Waals surface area contributed by atoms with Crippen LogP contribution in [0.3, 0.4) is 0 Å². The smallest absolute Gasteiger partial charge is 0.324 e. The lowest BCUT2D eigenvalue weighted by Gasteiger charge is -2.38. The quantitative estimate of drug-likeness (QED) is 0.158. The van der Waals surface area contributed by atoms with E-state index in [1.807, 2.05) is 30.3 Å². The summed E-state index contributed by atoms with van der Waals surface area (Å²) in [6.45, 7) is 22.6. The maximum atomic E-state index is 13.5. The zero-order chi connectivity index (χ0) is 24.1. The highest BCUT2D eigenvalue weighted by Gasteiger charge is 2.39. The molecule has 0 amide bonds. The molecule has 5 heteroatoms. The van der Waals surface area contributed by atoms with E-state index >= 15 is 0 Å². The highest BCUT2D eigenvalue weighted by Crippen LogP contribution is 2.39. The van der Waals surface area contributed by atoms with Crippen LogP contribution in [0, 0.1) is 17.8 Å². The van der Waals surface area contributed by atoms with Gasteiger partial charge in [-0.25, -0.2) is 0 Å². The van der Waals surface area contributed by atoms with Crippen molar-refractivity contribution in [2.75, 3.05) is 6.61 Å². The highest BCUT2D eigenvalue weighted by atomic mass is 32.2. The van der Waals surface area contributed by atoms with Crippen molar-refractivity contribution < 1.29 is 14.0 Å². The van der Waals surface area contributed by atoms with Crippen LogP contribution in [-0.2, 0) is 14.0 Å². The average Bonchev–Trinajstić information content (AvgIpc) is 2.70. The molecule has 0 aromatic heterocycles. The van der Waals surface area contributed by atoms with Crippen LogP contribution in [0.15, 0.2) is 47.4 Å². The fraction of sp³-hybridized carbons (Fsp3) is 0.667. The van der Waals surface area contributed by atoms with Gasteiger partial charge in [-0.2, -0.15) is 0 Å². The van der Waals surface area contributed by atoms with Gasteiger partial charge in [0.2, 0.25) is 0 Å². The van der Waals surface area contributed by atoms with Gasteiger partial charge in [0, 0.05) is 4.90 Å². The SMILES string of the molecule is C=C(CO[Si](C)(C)C(C)(C)C)C(Sc1ccccc1)C(=O)O[C@@H]1C[C@H](C)CC[C@H]1C(C)C. The number of carbonyl (C=O) groups is 1. The molecule has 1 aliphatic rings. The topological polar surface area (TPSA) is 35.5 Å². The van der Waals surface area contributed by atoms with Crippen LogP contribution < -0.4 is 0 Å². The third-order valence-electron chi connectivity index (χ3n) is 7.24. The van der Waals surface area contributed by atoms with Crippen molar-refractivity contribution in [1.82, 2.24) is 0 Å². The van der Waals surface area contributed by atoms with Gasteiger partial charge >= 0.3 is 5.97 Å². The van der Waals surface area contributed by atoms with Crippen LogP contribution in [0.2, 0.25) is 18.1 Å². The minimum Gasteiger partial charge on any atom is -0.461 e. The van der Waals surface area contributed by atoms with E-state index in [0.717, 1.165) is 23.3 Å². The number of benzene rings is 1. The first-order valence-corrected chi connectivity index (χ1v) is 15.8. The molecule has 0 saturated heterocycles. The summed E-state index contributed by atoms with van der Waals surface area (Å²) >= 11 is 1.52. The molecule has 1 aromatic carbocycles. The zero-order valence-corrected chi connectivity index (χ0v) is 23.3. The molecular weight excluding hydrogens is 432 g/mol. The van der Waals surface area contributed by atoms with Crippen molar-refractivity contribution >= 4 is 26.0 Å². The average molecular weight is 477 g/mol. The van der Waals surface area contributed by atoms with E-state index in [9.17, 15) is 4.79 Å². The lowest BCUT2D eigenvalue weighted by atomic mass is 9.75. The van der Waals surface area contributed by atoms with Crippen LogP contribution >= 0.6 is 11.8 Å². The molecular formula is C27H44O3SSi. The molecule has 0 spiro atoms. The molecule has 0 aliphatic heterocycles. The molecule has 0 heterocycles. The first-order chi connectivity index (χ1) is 14.8. The van der Waals surface area contributed by atoms with Crippen LogP contribution in [-0.4, -0.2) is 32.2 Å². The molecule has 1 fully saturated rings. The Hall–Kier alpha value is -1.04. The molecule has 0 N–H and O–H groups in total. The summed E-state index contributed by atoms with van der Waals surface area (Å²) in [5.41, 5.74) is 0.790. The lowest BCUT2D eigenvalue weighted by Crippen LogP contribution is -2.42. The first kappa shape index (κ1) is 27.2. The van der Waals surface area contributed by atoms with Gasteiger partial charge in [0.05, 0.1) is 6.61 Å². The van der Waals surface area contributed by atoms with E-state index in [1.165, 1.54) is 18.2 Å². The Labute approximate surface area is 201 Å². The summed E-state index contributed by atoms with van der Waals surface area (Å²) in [7, 11) is -1.94. The predicted molar refractivity (Wildman–Crippen MR) is 140 cm³/mol. The number of ether oxygens (including phenoxy) is 1. The number of hydrogen-bond acceptors (Lipinski definition) is 4. The molecule has 1 saturated carbocycles. The van der Waals surface area contributed by atoms with Gasteiger partial charge in [0.15, 0.2) is 8.32 Å². The maximum Gasteiger partial charge on any atom is 0.324 e. The molecule has 1 unspecified atom stereocenters. The summed E-state index contributed by atoms with van der Waals surface area (Å²) in [6, 6.07) is 10.1. The van der Waals surface area contributed by atoms with E-state index in [4.69, 9.17) is 9.16 Å². The first-order valence-electron chi connectivity index (χ1n) is 12.1. The molecule has 2 rings (SSSR count). The number of carbonyl (C=O) groups excluding carboxylic acids is 1. The van der Waals surface area contributed by atoms with Gasteiger partial charge in [0.25, 0.3) is 0 Å². The van der Waals surface area contributed by atoms with Gasteiger partial charge in [-0.3, -0.25) is 4.79 Å². The largest absolute Gasteiger partial charge is 0.461 e. The van der Waals surface area contributed by atoms with Crippen molar-refractivity contribution in [2.24, 2.45) is 17.8 Å². The van der Waals surface area contributed by atoms with Crippen LogP contribution in [0.25, 0.3) is 0 Å². The molecule has 32 heavy (non-hydrogen) atoms. The Balaban J connectivity index is 2.18. The van der Waals surface area contributed by atoms with Gasteiger partial charge in [-0.1, -0.05) is 72.7 Å². The maximum absolute atomic E-state index is 13.5. The third-order valence-corrected chi connectivity index (χ3v) is 13.0. The number of rotatable bonds is 9. The van der Waals surface area contributed by atoms with Crippen molar-refractivity contribution in [2.45, 2.75) is 95.2 Å². The van der Waals surface area contributed by atoms with Crippen LogP contribution in [0.1, 0.15) is 60.8 Å². The molecule has 180 valence electrons. The van der Waals surface area contributed by atoms with Crippen LogP contribution in [0.5, 0.6) is 0 Å². The van der Waals surface area contributed by atoms with E-state index in [1.54, 1.807) is 0 Å². The Bertz CT molecular complexity index is 754. The van der Waals surface area contributed by atoms with Crippen molar-refractivity contribution in [3.05, 3.63) is 42.5 Å². The fourth-order valence-electron chi connectivity index (χ4n) is 3.96.